The molecule has 0 saturated heterocycles. The molecule has 0 fully saturated rings. The lowest BCUT2D eigenvalue weighted by atomic mass is 10.2. The molecule has 0 atom stereocenters. The molecule has 1 aromatic rings. The van der Waals surface area contributed by atoms with Gasteiger partial charge in [0.1, 0.15) is 0 Å². The molecule has 0 spiro atoms. The Morgan fingerprint density at radius 3 is 2.40 bits per heavy atom. The fraction of sp³-hybridized carbons (Fsp3) is 0.182. The third-order valence-electron chi connectivity index (χ3n) is 2.16. The van der Waals surface area contributed by atoms with Crippen molar-refractivity contribution in [3.8, 4) is 0 Å². The molecule has 0 aliphatic carbocycles. The van der Waals surface area contributed by atoms with Crippen molar-refractivity contribution in [2.45, 2.75) is 0 Å². The van der Waals surface area contributed by atoms with Crippen LogP contribution >= 0.6 is 12.4 Å². The predicted molar refractivity (Wildman–Crippen MR) is 61.6 cm³/mol. The van der Waals surface area contributed by atoms with E-state index in [4.69, 9.17) is 0 Å². The molecule has 0 saturated carbocycles. The van der Waals surface area contributed by atoms with Gasteiger partial charge in [-0.1, -0.05) is 18.2 Å². The minimum absolute atomic E-state index is 0. The summed E-state index contributed by atoms with van der Waals surface area (Å²) in [5.74, 6) is 0.0474. The Kier molecular flexibility index (Phi) is 3.74. The van der Waals surface area contributed by atoms with Crippen LogP contribution < -0.4 is 0 Å². The standard InChI is InChI=1S/C11H12N2O.ClH/c1-12-7-8-13(9-12)11(14)10-5-3-2-4-6-10;/h2-8H,9H2,1H3;1H. The highest BCUT2D eigenvalue weighted by Crippen LogP contribution is 2.09. The van der Waals surface area contributed by atoms with Crippen molar-refractivity contribution in [3.05, 3.63) is 48.3 Å². The molecule has 80 valence electrons. The maximum absolute atomic E-state index is 11.8. The van der Waals surface area contributed by atoms with Gasteiger partial charge in [0.05, 0.1) is 6.67 Å². The first-order valence-corrected chi connectivity index (χ1v) is 4.52. The highest BCUT2D eigenvalue weighted by molar-refractivity contribution is 5.94. The van der Waals surface area contributed by atoms with E-state index in [9.17, 15) is 4.79 Å². The molecule has 0 N–H and O–H groups in total. The second-order valence-corrected chi connectivity index (χ2v) is 3.34. The van der Waals surface area contributed by atoms with Crippen molar-refractivity contribution >= 4 is 18.3 Å². The molecule has 4 heteroatoms. The fourth-order valence-corrected chi connectivity index (χ4v) is 1.41. The van der Waals surface area contributed by atoms with Crippen molar-refractivity contribution in [1.82, 2.24) is 9.80 Å². The molecular weight excluding hydrogens is 212 g/mol. The average Bonchev–Trinajstić information content (AvgIpc) is 2.65. The Morgan fingerprint density at radius 2 is 1.87 bits per heavy atom. The summed E-state index contributed by atoms with van der Waals surface area (Å²) in [5, 5.41) is 0. The summed E-state index contributed by atoms with van der Waals surface area (Å²) >= 11 is 0. The number of hydrogen-bond donors (Lipinski definition) is 0. The number of carbonyl (C=O) groups excluding carboxylic acids is 1. The van der Waals surface area contributed by atoms with Crippen molar-refractivity contribution in [2.24, 2.45) is 0 Å². The van der Waals surface area contributed by atoms with Crippen LogP contribution in [0.2, 0.25) is 0 Å². The van der Waals surface area contributed by atoms with Gasteiger partial charge in [-0.2, -0.15) is 0 Å². The first-order valence-electron chi connectivity index (χ1n) is 4.52. The van der Waals surface area contributed by atoms with Gasteiger partial charge in [0.25, 0.3) is 5.91 Å². The molecule has 0 aromatic heterocycles. The van der Waals surface area contributed by atoms with Crippen LogP contribution in [0, 0.1) is 0 Å². The van der Waals surface area contributed by atoms with E-state index >= 15 is 0 Å². The van der Waals surface area contributed by atoms with E-state index in [-0.39, 0.29) is 18.3 Å². The van der Waals surface area contributed by atoms with Crippen molar-refractivity contribution in [3.63, 3.8) is 0 Å². The monoisotopic (exact) mass is 224 g/mol. The van der Waals surface area contributed by atoms with Gasteiger partial charge >= 0.3 is 0 Å². The largest absolute Gasteiger partial charge is 0.361 e. The Hall–Kier alpha value is -1.48. The van der Waals surface area contributed by atoms with E-state index in [1.807, 2.05) is 48.5 Å². The van der Waals surface area contributed by atoms with E-state index in [0.29, 0.717) is 6.67 Å². The Balaban J connectivity index is 0.00000112. The van der Waals surface area contributed by atoms with Gasteiger partial charge in [-0.15, -0.1) is 12.4 Å². The fourth-order valence-electron chi connectivity index (χ4n) is 1.41. The third-order valence-corrected chi connectivity index (χ3v) is 2.16. The van der Waals surface area contributed by atoms with E-state index < -0.39 is 0 Å². The summed E-state index contributed by atoms with van der Waals surface area (Å²) in [5.41, 5.74) is 0.729. The first-order chi connectivity index (χ1) is 6.77. The molecule has 2 rings (SSSR count). The summed E-state index contributed by atoms with van der Waals surface area (Å²) in [6.45, 7) is 0.633. The van der Waals surface area contributed by atoms with Gasteiger partial charge in [0, 0.05) is 25.0 Å². The van der Waals surface area contributed by atoms with Gasteiger partial charge in [0.2, 0.25) is 0 Å². The molecule has 15 heavy (non-hydrogen) atoms. The van der Waals surface area contributed by atoms with Crippen molar-refractivity contribution < 1.29 is 4.79 Å². The van der Waals surface area contributed by atoms with Crippen molar-refractivity contribution in [1.29, 1.82) is 0 Å². The molecule has 1 heterocycles. The second kappa shape index (κ2) is 4.84. The van der Waals surface area contributed by atoms with Crippen LogP contribution in [-0.4, -0.2) is 29.4 Å². The Bertz CT molecular complexity index is 364. The topological polar surface area (TPSA) is 23.6 Å². The number of halogens is 1. The molecule has 0 bridgehead atoms. The quantitative estimate of drug-likeness (QED) is 0.728. The minimum Gasteiger partial charge on any atom is -0.361 e. The van der Waals surface area contributed by atoms with Gasteiger partial charge in [-0.3, -0.25) is 9.69 Å². The molecular formula is C11H13ClN2O. The molecule has 1 aliphatic rings. The summed E-state index contributed by atoms with van der Waals surface area (Å²) in [6, 6.07) is 9.30. The van der Waals surface area contributed by atoms with Crippen LogP contribution in [-0.2, 0) is 0 Å². The molecule has 0 radical (unpaired) electrons. The van der Waals surface area contributed by atoms with Gasteiger partial charge < -0.3 is 4.90 Å². The molecule has 3 nitrogen and oxygen atoms in total. The third kappa shape index (κ3) is 2.50. The average molecular weight is 225 g/mol. The van der Waals surface area contributed by atoms with Crippen LogP contribution in [0.25, 0.3) is 0 Å². The highest BCUT2D eigenvalue weighted by atomic mass is 35.5. The lowest BCUT2D eigenvalue weighted by Crippen LogP contribution is -2.28. The molecule has 1 aliphatic heterocycles. The number of rotatable bonds is 1. The Labute approximate surface area is 95.4 Å². The summed E-state index contributed by atoms with van der Waals surface area (Å²) in [7, 11) is 1.94. The van der Waals surface area contributed by atoms with Crippen LogP contribution in [0.5, 0.6) is 0 Å². The smallest absolute Gasteiger partial charge is 0.259 e. The van der Waals surface area contributed by atoms with Gasteiger partial charge in [-0.05, 0) is 12.1 Å². The normalized spacial score (nSPS) is 13.9. The number of carbonyl (C=O) groups is 1. The van der Waals surface area contributed by atoms with Gasteiger partial charge in [0.15, 0.2) is 0 Å². The lowest BCUT2D eigenvalue weighted by Gasteiger charge is -2.16. The zero-order chi connectivity index (χ0) is 9.97. The van der Waals surface area contributed by atoms with E-state index in [0.717, 1.165) is 5.56 Å². The van der Waals surface area contributed by atoms with E-state index in [1.165, 1.54) is 0 Å². The molecule has 1 aromatic carbocycles. The van der Waals surface area contributed by atoms with E-state index in [1.54, 1.807) is 11.1 Å². The summed E-state index contributed by atoms with van der Waals surface area (Å²) < 4.78 is 0. The maximum atomic E-state index is 11.8. The Morgan fingerprint density at radius 1 is 1.20 bits per heavy atom. The van der Waals surface area contributed by atoms with Crippen LogP contribution in [0.15, 0.2) is 42.7 Å². The summed E-state index contributed by atoms with van der Waals surface area (Å²) in [6.07, 6.45) is 3.69. The number of benzene rings is 1. The number of hydrogen-bond acceptors (Lipinski definition) is 2. The van der Waals surface area contributed by atoms with Crippen LogP contribution in [0.4, 0.5) is 0 Å². The number of amides is 1. The predicted octanol–water partition coefficient (Wildman–Crippen LogP) is 1.92. The molecule has 1 amide bonds. The summed E-state index contributed by atoms with van der Waals surface area (Å²) in [4.78, 5) is 15.5. The second-order valence-electron chi connectivity index (χ2n) is 3.34. The minimum atomic E-state index is 0. The van der Waals surface area contributed by atoms with E-state index in [2.05, 4.69) is 0 Å². The molecule has 0 unspecified atom stereocenters. The maximum Gasteiger partial charge on any atom is 0.259 e. The lowest BCUT2D eigenvalue weighted by molar-refractivity contribution is 0.0803. The zero-order valence-corrected chi connectivity index (χ0v) is 9.28. The van der Waals surface area contributed by atoms with Crippen molar-refractivity contribution in [2.75, 3.05) is 13.7 Å². The highest BCUT2D eigenvalue weighted by Gasteiger charge is 2.17. The van der Waals surface area contributed by atoms with Gasteiger partial charge in [-0.25, -0.2) is 0 Å². The number of nitrogens with zero attached hydrogens (tertiary/aromatic N) is 2. The van der Waals surface area contributed by atoms with Crippen LogP contribution in [0.3, 0.4) is 0 Å². The van der Waals surface area contributed by atoms with Crippen LogP contribution in [0.1, 0.15) is 10.4 Å². The first kappa shape index (κ1) is 11.6. The zero-order valence-electron chi connectivity index (χ0n) is 8.46. The SMILES string of the molecule is CN1C=CN(C(=O)c2ccccc2)C1.Cl.